The van der Waals surface area contributed by atoms with Crippen molar-refractivity contribution in [1.82, 2.24) is 4.90 Å². The van der Waals surface area contributed by atoms with E-state index in [0.29, 0.717) is 0 Å². The molecule has 2 aliphatic rings. The molecule has 0 spiro atoms. The van der Waals surface area contributed by atoms with Crippen LogP contribution in [0.3, 0.4) is 0 Å². The third kappa shape index (κ3) is 3.90. The number of amides is 4. The zero-order valence-electron chi connectivity index (χ0n) is 16.2. The fourth-order valence-corrected chi connectivity index (χ4v) is 4.20. The number of anilines is 2. The van der Waals surface area contributed by atoms with Crippen LogP contribution < -0.4 is 10.2 Å². The largest absolute Gasteiger partial charge is 0.332 e. The van der Waals surface area contributed by atoms with Crippen molar-refractivity contribution < 1.29 is 23.2 Å². The normalized spacial score (nSPS) is 19.6. The molecule has 0 bridgehead atoms. The highest BCUT2D eigenvalue weighted by Gasteiger charge is 2.49. The van der Waals surface area contributed by atoms with Crippen LogP contribution in [0.15, 0.2) is 48.5 Å². The third-order valence-electron chi connectivity index (χ3n) is 5.53. The first kappa shape index (κ1) is 20.0. The molecule has 156 valence electrons. The number of carbonyl (C=O) groups is 3. The Morgan fingerprint density at radius 2 is 1.67 bits per heavy atom. The lowest BCUT2D eigenvalue weighted by Gasteiger charge is -2.27. The van der Waals surface area contributed by atoms with Crippen LogP contribution in [-0.2, 0) is 9.59 Å². The Hall–Kier alpha value is -3.29. The molecule has 4 amide bonds. The minimum absolute atomic E-state index is 0.140. The average Bonchev–Trinajstić information content (AvgIpc) is 3.29. The fraction of sp³-hybridized carbons (Fsp3) is 0.318. The fourth-order valence-electron chi connectivity index (χ4n) is 4.20. The summed E-state index contributed by atoms with van der Waals surface area (Å²) in [6.45, 7) is 0. The second-order valence-electron chi connectivity index (χ2n) is 7.56. The number of halogens is 2. The topological polar surface area (TPSA) is 69.7 Å². The van der Waals surface area contributed by atoms with E-state index in [-0.39, 0.29) is 23.8 Å². The van der Waals surface area contributed by atoms with E-state index in [9.17, 15) is 23.2 Å². The maximum atomic E-state index is 13.7. The van der Waals surface area contributed by atoms with Crippen LogP contribution in [0.5, 0.6) is 0 Å². The quantitative estimate of drug-likeness (QED) is 0.752. The van der Waals surface area contributed by atoms with Crippen molar-refractivity contribution in [3.8, 4) is 0 Å². The van der Waals surface area contributed by atoms with Gasteiger partial charge in [0, 0.05) is 11.7 Å². The third-order valence-corrected chi connectivity index (χ3v) is 5.53. The van der Waals surface area contributed by atoms with Gasteiger partial charge in [-0.3, -0.25) is 9.59 Å². The molecule has 0 unspecified atom stereocenters. The van der Waals surface area contributed by atoms with Gasteiger partial charge in [0.25, 0.3) is 5.91 Å². The lowest BCUT2D eigenvalue weighted by Crippen LogP contribution is -2.43. The van der Waals surface area contributed by atoms with Crippen LogP contribution in [0.2, 0.25) is 0 Å². The van der Waals surface area contributed by atoms with Crippen molar-refractivity contribution in [3.63, 3.8) is 0 Å². The van der Waals surface area contributed by atoms with Crippen LogP contribution in [0.4, 0.5) is 25.0 Å². The maximum absolute atomic E-state index is 13.7. The molecule has 8 heteroatoms. The van der Waals surface area contributed by atoms with Crippen LogP contribution in [0.1, 0.15) is 32.1 Å². The smallest absolute Gasteiger partial charge is 0.326 e. The molecule has 0 radical (unpaired) electrons. The highest BCUT2D eigenvalue weighted by molar-refractivity contribution is 6.22. The number of nitrogens with one attached hydrogen (secondary N) is 1. The molecule has 2 aromatic rings. The molecule has 1 aliphatic carbocycles. The summed E-state index contributed by atoms with van der Waals surface area (Å²) in [5.74, 6) is -2.12. The zero-order valence-corrected chi connectivity index (χ0v) is 16.2. The standard InChI is InChI=1S/C22H21F2N3O3/c23-14-5-3-7-16(11-14)25-20(28)13-19-21(29)27(18-10-4-6-15(24)12-18)22(30)26(19)17-8-1-2-9-17/h3-7,10-12,17,19H,1-2,8-9,13H2,(H,25,28)/t19-/m0/s1. The first-order chi connectivity index (χ1) is 14.4. The van der Waals surface area contributed by atoms with E-state index in [1.54, 1.807) is 0 Å². The number of hydrogen-bond acceptors (Lipinski definition) is 3. The molecule has 6 nitrogen and oxygen atoms in total. The highest BCUT2D eigenvalue weighted by Crippen LogP contribution is 2.34. The van der Waals surface area contributed by atoms with E-state index in [2.05, 4.69) is 5.32 Å². The van der Waals surface area contributed by atoms with Gasteiger partial charge in [-0.05, 0) is 49.2 Å². The van der Waals surface area contributed by atoms with E-state index in [1.807, 2.05) is 0 Å². The molecule has 1 N–H and O–H groups in total. The summed E-state index contributed by atoms with van der Waals surface area (Å²) < 4.78 is 27.1. The van der Waals surface area contributed by atoms with Gasteiger partial charge in [0.1, 0.15) is 17.7 Å². The first-order valence-electron chi connectivity index (χ1n) is 9.91. The van der Waals surface area contributed by atoms with Crippen molar-refractivity contribution >= 4 is 29.2 Å². The number of nitrogens with zero attached hydrogens (tertiary/aromatic N) is 2. The van der Waals surface area contributed by atoms with Gasteiger partial charge in [0.15, 0.2) is 0 Å². The van der Waals surface area contributed by atoms with Gasteiger partial charge in [-0.2, -0.15) is 0 Å². The second-order valence-corrected chi connectivity index (χ2v) is 7.56. The van der Waals surface area contributed by atoms with Gasteiger partial charge in [-0.1, -0.05) is 25.0 Å². The van der Waals surface area contributed by atoms with Crippen molar-refractivity contribution in [3.05, 3.63) is 60.2 Å². The van der Waals surface area contributed by atoms with Crippen LogP contribution >= 0.6 is 0 Å². The molecule has 1 saturated heterocycles. The van der Waals surface area contributed by atoms with E-state index >= 15 is 0 Å². The number of urea groups is 1. The Morgan fingerprint density at radius 3 is 2.33 bits per heavy atom. The SMILES string of the molecule is O=C(C[C@H]1C(=O)N(c2cccc(F)c2)C(=O)N1C1CCCC1)Nc1cccc(F)c1. The van der Waals surface area contributed by atoms with Crippen LogP contribution in [0.25, 0.3) is 0 Å². The van der Waals surface area contributed by atoms with Gasteiger partial charge in [0.2, 0.25) is 5.91 Å². The van der Waals surface area contributed by atoms with E-state index in [0.717, 1.165) is 36.6 Å². The minimum Gasteiger partial charge on any atom is -0.326 e. The summed E-state index contributed by atoms with van der Waals surface area (Å²) in [4.78, 5) is 41.3. The van der Waals surface area contributed by atoms with Gasteiger partial charge < -0.3 is 10.2 Å². The van der Waals surface area contributed by atoms with E-state index in [4.69, 9.17) is 0 Å². The Kier molecular flexibility index (Phi) is 5.48. The van der Waals surface area contributed by atoms with E-state index in [1.165, 1.54) is 47.4 Å². The number of imide groups is 1. The molecule has 2 fully saturated rings. The molecule has 1 heterocycles. The number of hydrogen-bond donors (Lipinski definition) is 1. The summed E-state index contributed by atoms with van der Waals surface area (Å²) in [7, 11) is 0. The van der Waals surface area contributed by atoms with Crippen molar-refractivity contribution in [2.75, 3.05) is 10.2 Å². The van der Waals surface area contributed by atoms with Gasteiger partial charge in [-0.25, -0.2) is 18.5 Å². The number of carbonyl (C=O) groups excluding carboxylic acids is 3. The van der Waals surface area contributed by atoms with E-state index < -0.39 is 35.5 Å². The molecular weight excluding hydrogens is 392 g/mol. The lowest BCUT2D eigenvalue weighted by molar-refractivity contribution is -0.124. The summed E-state index contributed by atoms with van der Waals surface area (Å²) in [5, 5.41) is 2.57. The zero-order chi connectivity index (χ0) is 21.3. The van der Waals surface area contributed by atoms with Gasteiger partial charge in [0.05, 0.1) is 12.1 Å². The predicted molar refractivity (Wildman–Crippen MR) is 107 cm³/mol. The Bertz CT molecular complexity index is 991. The summed E-state index contributed by atoms with van der Waals surface area (Å²) >= 11 is 0. The molecule has 30 heavy (non-hydrogen) atoms. The summed E-state index contributed by atoms with van der Waals surface area (Å²) in [6, 6.07) is 9.02. The molecule has 1 saturated carbocycles. The molecule has 1 aliphatic heterocycles. The molecular formula is C22H21F2N3O3. The van der Waals surface area contributed by atoms with Crippen molar-refractivity contribution in [1.29, 1.82) is 0 Å². The van der Waals surface area contributed by atoms with Gasteiger partial charge >= 0.3 is 6.03 Å². The van der Waals surface area contributed by atoms with Crippen molar-refractivity contribution in [2.24, 2.45) is 0 Å². The van der Waals surface area contributed by atoms with Crippen molar-refractivity contribution in [2.45, 2.75) is 44.2 Å². The Morgan fingerprint density at radius 1 is 1.00 bits per heavy atom. The summed E-state index contributed by atoms with van der Waals surface area (Å²) in [5.41, 5.74) is 0.409. The predicted octanol–water partition coefficient (Wildman–Crippen LogP) is 4.07. The monoisotopic (exact) mass is 413 g/mol. The Labute approximate surface area is 172 Å². The molecule has 2 aromatic carbocycles. The molecule has 1 atom stereocenters. The summed E-state index contributed by atoms with van der Waals surface area (Å²) in [6.07, 6.45) is 3.11. The second kappa shape index (κ2) is 8.22. The average molecular weight is 413 g/mol. The van der Waals surface area contributed by atoms with Gasteiger partial charge in [-0.15, -0.1) is 0 Å². The van der Waals surface area contributed by atoms with Crippen LogP contribution in [-0.4, -0.2) is 34.8 Å². The minimum atomic E-state index is -0.988. The highest BCUT2D eigenvalue weighted by atomic mass is 19.1. The molecule has 0 aromatic heterocycles. The number of benzene rings is 2. The Balaban J connectivity index is 1.59. The molecule has 4 rings (SSSR count). The van der Waals surface area contributed by atoms with Crippen LogP contribution in [0, 0.1) is 11.6 Å². The first-order valence-corrected chi connectivity index (χ1v) is 9.91. The maximum Gasteiger partial charge on any atom is 0.332 e. The number of rotatable bonds is 5. The lowest BCUT2D eigenvalue weighted by atomic mass is 10.1.